The summed E-state index contributed by atoms with van der Waals surface area (Å²) in [4.78, 5) is 25.5. The van der Waals surface area contributed by atoms with Crippen LogP contribution in [-0.2, 0) is 21.4 Å². The van der Waals surface area contributed by atoms with Gasteiger partial charge in [0.15, 0.2) is 0 Å². The van der Waals surface area contributed by atoms with Crippen molar-refractivity contribution >= 4 is 39.0 Å². The highest BCUT2D eigenvalue weighted by Gasteiger charge is 2.34. The van der Waals surface area contributed by atoms with Crippen molar-refractivity contribution in [1.29, 1.82) is 5.26 Å². The number of hydrogen-bond donors (Lipinski definition) is 0. The van der Waals surface area contributed by atoms with Crippen LogP contribution in [0.2, 0.25) is 0 Å². The Hall–Kier alpha value is -2.09. The van der Waals surface area contributed by atoms with Crippen molar-refractivity contribution in [2.45, 2.75) is 26.3 Å². The molecule has 0 bridgehead atoms. The van der Waals surface area contributed by atoms with Crippen LogP contribution in [0.5, 0.6) is 0 Å². The Bertz CT molecular complexity index is 867. The summed E-state index contributed by atoms with van der Waals surface area (Å²) in [7, 11) is -3.48. The van der Waals surface area contributed by atoms with E-state index in [0.717, 1.165) is 22.3 Å². The Morgan fingerprint density at radius 3 is 2.73 bits per heavy atom. The van der Waals surface area contributed by atoms with Crippen LogP contribution in [-0.4, -0.2) is 48.1 Å². The van der Waals surface area contributed by atoms with Gasteiger partial charge in [0.2, 0.25) is 10.0 Å². The molecule has 140 valence electrons. The number of hydrogen-bond acceptors (Lipinski definition) is 7. The van der Waals surface area contributed by atoms with Crippen LogP contribution in [0.15, 0.2) is 21.5 Å². The molecule has 2 amide bonds. The molecule has 0 aromatic carbocycles. The first kappa shape index (κ1) is 20.2. The predicted octanol–water partition coefficient (Wildman–Crippen LogP) is 2.40. The van der Waals surface area contributed by atoms with E-state index in [1.54, 1.807) is 12.1 Å². The van der Waals surface area contributed by atoms with Gasteiger partial charge in [-0.2, -0.15) is 9.57 Å². The van der Waals surface area contributed by atoms with Crippen molar-refractivity contribution in [3.63, 3.8) is 0 Å². The Balaban J connectivity index is 2.13. The summed E-state index contributed by atoms with van der Waals surface area (Å²) in [6, 6.07) is 5.12. The number of nitriles is 1. The first-order valence-corrected chi connectivity index (χ1v) is 10.6. The number of carbonyl (C=O) groups excluding carboxylic acids is 2. The van der Waals surface area contributed by atoms with Crippen LogP contribution >= 0.6 is 11.8 Å². The van der Waals surface area contributed by atoms with Crippen LogP contribution in [0, 0.1) is 11.3 Å². The number of thioether (sulfide) groups is 1. The van der Waals surface area contributed by atoms with E-state index >= 15 is 0 Å². The van der Waals surface area contributed by atoms with E-state index in [9.17, 15) is 18.0 Å². The monoisotopic (exact) mass is 397 g/mol. The van der Waals surface area contributed by atoms with Gasteiger partial charge in [-0.1, -0.05) is 6.92 Å². The molecule has 0 radical (unpaired) electrons. The van der Waals surface area contributed by atoms with E-state index in [-0.39, 0.29) is 35.6 Å². The quantitative estimate of drug-likeness (QED) is 0.619. The smallest absolute Gasteiger partial charge is 0.293 e. The molecule has 0 saturated carbocycles. The molecule has 0 atom stereocenters. The van der Waals surface area contributed by atoms with Crippen molar-refractivity contribution in [3.05, 3.63) is 28.6 Å². The molecule has 8 nitrogen and oxygen atoms in total. The Morgan fingerprint density at radius 1 is 1.38 bits per heavy atom. The molecule has 26 heavy (non-hydrogen) atoms. The SMILES string of the molecule is CCCN1C(=O)S/C(=C\c2ccc(CN(CCC#N)S(C)(=O)=O)o2)C1=O. The minimum Gasteiger partial charge on any atom is -0.460 e. The van der Waals surface area contributed by atoms with Gasteiger partial charge in [0, 0.05) is 25.6 Å². The highest BCUT2D eigenvalue weighted by molar-refractivity contribution is 8.18. The molecule has 1 aliphatic rings. The second-order valence-corrected chi connectivity index (χ2v) is 8.62. The maximum Gasteiger partial charge on any atom is 0.293 e. The molecule has 0 spiro atoms. The number of amides is 2. The van der Waals surface area contributed by atoms with Gasteiger partial charge >= 0.3 is 0 Å². The number of nitrogens with zero attached hydrogens (tertiary/aromatic N) is 3. The third-order valence-corrected chi connectivity index (χ3v) is 5.71. The molecule has 0 unspecified atom stereocenters. The van der Waals surface area contributed by atoms with Crippen LogP contribution in [0.4, 0.5) is 4.79 Å². The van der Waals surface area contributed by atoms with Crippen molar-refractivity contribution in [3.8, 4) is 6.07 Å². The second kappa shape index (κ2) is 8.53. The predicted molar refractivity (Wildman–Crippen MR) is 97.2 cm³/mol. The topological polar surface area (TPSA) is 112 Å². The number of imide groups is 1. The summed E-state index contributed by atoms with van der Waals surface area (Å²) in [6.07, 6.45) is 3.30. The Morgan fingerprint density at radius 2 is 2.12 bits per heavy atom. The molecule has 1 fully saturated rings. The van der Waals surface area contributed by atoms with Crippen molar-refractivity contribution < 1.29 is 22.4 Å². The van der Waals surface area contributed by atoms with E-state index < -0.39 is 10.0 Å². The van der Waals surface area contributed by atoms with Gasteiger partial charge in [-0.3, -0.25) is 14.5 Å². The fraction of sp³-hybridized carbons (Fsp3) is 0.438. The lowest BCUT2D eigenvalue weighted by atomic mass is 10.3. The average Bonchev–Trinajstić information content (AvgIpc) is 3.10. The van der Waals surface area contributed by atoms with Crippen molar-refractivity contribution in [2.75, 3.05) is 19.3 Å². The molecule has 10 heteroatoms. The van der Waals surface area contributed by atoms with E-state index in [1.165, 1.54) is 11.0 Å². The first-order chi connectivity index (χ1) is 12.3. The molecule has 1 aliphatic heterocycles. The third-order valence-electron chi connectivity index (χ3n) is 3.55. The summed E-state index contributed by atoms with van der Waals surface area (Å²) in [5.41, 5.74) is 0. The van der Waals surface area contributed by atoms with Crippen molar-refractivity contribution in [1.82, 2.24) is 9.21 Å². The fourth-order valence-corrected chi connectivity index (χ4v) is 3.94. The lowest BCUT2D eigenvalue weighted by molar-refractivity contribution is -0.122. The van der Waals surface area contributed by atoms with E-state index in [0.29, 0.717) is 24.5 Å². The lowest BCUT2D eigenvalue weighted by Gasteiger charge is -2.16. The van der Waals surface area contributed by atoms with E-state index in [1.807, 2.05) is 13.0 Å². The first-order valence-electron chi connectivity index (χ1n) is 7.92. The number of rotatable bonds is 8. The van der Waals surface area contributed by atoms with Gasteiger partial charge in [-0.15, -0.1) is 0 Å². The molecule has 2 rings (SSSR count). The van der Waals surface area contributed by atoms with Crippen LogP contribution < -0.4 is 0 Å². The lowest BCUT2D eigenvalue weighted by Crippen LogP contribution is -2.30. The number of furan rings is 1. The largest absolute Gasteiger partial charge is 0.460 e. The molecular formula is C16H19N3O5S2. The zero-order valence-corrected chi connectivity index (χ0v) is 16.1. The summed E-state index contributed by atoms with van der Waals surface area (Å²) in [6.45, 7) is 2.31. The minimum absolute atomic E-state index is 0.00827. The molecule has 2 heterocycles. The summed E-state index contributed by atoms with van der Waals surface area (Å²) >= 11 is 0.851. The normalized spacial score (nSPS) is 16.7. The van der Waals surface area contributed by atoms with E-state index in [2.05, 4.69) is 0 Å². The Labute approximate surface area is 156 Å². The maximum atomic E-state index is 12.2. The van der Waals surface area contributed by atoms with Crippen LogP contribution in [0.1, 0.15) is 31.3 Å². The van der Waals surface area contributed by atoms with Gasteiger partial charge in [-0.25, -0.2) is 8.42 Å². The minimum atomic E-state index is -3.48. The van der Waals surface area contributed by atoms with Gasteiger partial charge in [0.05, 0.1) is 23.8 Å². The third kappa shape index (κ3) is 4.97. The maximum absolute atomic E-state index is 12.2. The number of carbonyl (C=O) groups is 2. The summed E-state index contributed by atoms with van der Waals surface area (Å²) < 4.78 is 30.3. The van der Waals surface area contributed by atoms with Gasteiger partial charge in [-0.05, 0) is 30.3 Å². The standard InChI is InChI=1S/C16H19N3O5S2/c1-3-8-19-15(20)14(25-16(19)21)10-12-5-6-13(24-12)11-18(9-4-7-17)26(2,22)23/h5-6,10H,3-4,8-9,11H2,1-2H3/b14-10-. The van der Waals surface area contributed by atoms with Crippen molar-refractivity contribution in [2.24, 2.45) is 0 Å². The molecule has 1 saturated heterocycles. The molecule has 1 aromatic rings. The summed E-state index contributed by atoms with van der Waals surface area (Å²) in [5, 5.41) is 8.34. The van der Waals surface area contributed by atoms with Crippen LogP contribution in [0.3, 0.4) is 0 Å². The molecule has 0 aliphatic carbocycles. The molecule has 0 N–H and O–H groups in total. The molecular weight excluding hydrogens is 378 g/mol. The second-order valence-electron chi connectivity index (χ2n) is 5.64. The highest BCUT2D eigenvalue weighted by Crippen LogP contribution is 2.32. The highest BCUT2D eigenvalue weighted by atomic mass is 32.2. The van der Waals surface area contributed by atoms with Gasteiger partial charge in [0.25, 0.3) is 11.1 Å². The summed E-state index contributed by atoms with van der Waals surface area (Å²) in [5.74, 6) is 0.384. The Kier molecular flexibility index (Phi) is 6.63. The zero-order chi connectivity index (χ0) is 19.3. The average molecular weight is 397 g/mol. The molecule has 1 aromatic heterocycles. The fourth-order valence-electron chi connectivity index (χ4n) is 2.31. The zero-order valence-electron chi connectivity index (χ0n) is 14.5. The van der Waals surface area contributed by atoms with E-state index in [4.69, 9.17) is 9.68 Å². The van der Waals surface area contributed by atoms with Gasteiger partial charge < -0.3 is 4.42 Å². The number of sulfonamides is 1. The van der Waals surface area contributed by atoms with Gasteiger partial charge in [0.1, 0.15) is 11.5 Å². The van der Waals surface area contributed by atoms with Crippen LogP contribution in [0.25, 0.3) is 6.08 Å².